The summed E-state index contributed by atoms with van der Waals surface area (Å²) in [6.45, 7) is 11.2. The summed E-state index contributed by atoms with van der Waals surface area (Å²) < 4.78 is 5.97. The van der Waals surface area contributed by atoms with Gasteiger partial charge in [-0.15, -0.1) is 0 Å². The van der Waals surface area contributed by atoms with Gasteiger partial charge in [-0.05, 0) is 36.8 Å². The molecule has 1 heterocycles. The number of morpholine rings is 1. The van der Waals surface area contributed by atoms with E-state index in [2.05, 4.69) is 56.0 Å². The summed E-state index contributed by atoms with van der Waals surface area (Å²) in [5, 5.41) is 0. The van der Waals surface area contributed by atoms with Crippen LogP contribution in [-0.2, 0) is 4.74 Å². The van der Waals surface area contributed by atoms with Gasteiger partial charge in [0.25, 0.3) is 0 Å². The Morgan fingerprint density at radius 3 is 2.65 bits per heavy atom. The van der Waals surface area contributed by atoms with Crippen LogP contribution in [0.25, 0.3) is 0 Å². The molecule has 1 unspecified atom stereocenters. The summed E-state index contributed by atoms with van der Waals surface area (Å²) in [7, 11) is 0. The maximum Gasteiger partial charge on any atom is 0.0708 e. The van der Waals surface area contributed by atoms with E-state index >= 15 is 0 Å². The molecule has 0 aromatic heterocycles. The van der Waals surface area contributed by atoms with Gasteiger partial charge in [0.1, 0.15) is 0 Å². The van der Waals surface area contributed by atoms with Gasteiger partial charge in [-0.25, -0.2) is 0 Å². The van der Waals surface area contributed by atoms with Gasteiger partial charge in [-0.2, -0.15) is 0 Å². The van der Waals surface area contributed by atoms with E-state index in [1.165, 1.54) is 18.5 Å². The Bertz CT molecular complexity index is 376. The third-order valence-electron chi connectivity index (χ3n) is 4.23. The van der Waals surface area contributed by atoms with Crippen molar-refractivity contribution in [2.24, 2.45) is 5.92 Å². The summed E-state index contributed by atoms with van der Waals surface area (Å²) in [4.78, 5) is 2.58. The molecule has 1 aliphatic rings. The molecule has 0 amide bonds. The summed E-state index contributed by atoms with van der Waals surface area (Å²) in [5.74, 6) is 1.37. The van der Waals surface area contributed by atoms with Crippen molar-refractivity contribution < 1.29 is 4.74 Å². The number of benzene rings is 1. The molecule has 2 heteroatoms. The van der Waals surface area contributed by atoms with Crippen molar-refractivity contribution in [3.63, 3.8) is 0 Å². The quantitative estimate of drug-likeness (QED) is 0.780. The fraction of sp³-hybridized carbons (Fsp3) is 0.667. The minimum atomic E-state index is 0.395. The van der Waals surface area contributed by atoms with Crippen molar-refractivity contribution in [1.82, 2.24) is 4.90 Å². The van der Waals surface area contributed by atoms with Crippen LogP contribution >= 0.6 is 0 Å². The van der Waals surface area contributed by atoms with Crippen LogP contribution in [0.4, 0.5) is 0 Å². The number of nitrogens with zero attached hydrogens (tertiary/aromatic N) is 1. The molecule has 1 aromatic carbocycles. The lowest BCUT2D eigenvalue weighted by Gasteiger charge is -2.34. The molecule has 2 atom stereocenters. The minimum absolute atomic E-state index is 0.395. The van der Waals surface area contributed by atoms with Gasteiger partial charge < -0.3 is 4.74 Å². The average Bonchev–Trinajstić information content (AvgIpc) is 2.46. The van der Waals surface area contributed by atoms with Crippen LogP contribution in [0.15, 0.2) is 30.3 Å². The lowest BCUT2D eigenvalue weighted by molar-refractivity contribution is -0.0354. The first-order valence-electron chi connectivity index (χ1n) is 8.04. The second-order valence-corrected chi connectivity index (χ2v) is 6.52. The van der Waals surface area contributed by atoms with Gasteiger partial charge in [-0.3, -0.25) is 4.90 Å². The largest absolute Gasteiger partial charge is 0.376 e. The molecule has 0 N–H and O–H groups in total. The number of hydrogen-bond acceptors (Lipinski definition) is 2. The van der Waals surface area contributed by atoms with Crippen molar-refractivity contribution in [2.45, 2.75) is 45.6 Å². The highest BCUT2D eigenvalue weighted by molar-refractivity contribution is 5.18. The standard InChI is InChI=1S/C18H29NO/c1-15(2)9-10-19-11-12-20-18(14-19)13-16(3)17-7-5-4-6-8-17/h4-8,15-16,18H,9-14H2,1-3H3/t16-,18?/m0/s1. The molecule has 0 bridgehead atoms. The molecule has 1 aliphatic heterocycles. The molecule has 112 valence electrons. The van der Waals surface area contributed by atoms with Crippen LogP contribution in [-0.4, -0.2) is 37.2 Å². The Morgan fingerprint density at radius 1 is 1.20 bits per heavy atom. The number of rotatable bonds is 6. The molecule has 0 spiro atoms. The second kappa shape index (κ2) is 7.80. The summed E-state index contributed by atoms with van der Waals surface area (Å²) in [5.41, 5.74) is 1.43. The van der Waals surface area contributed by atoms with E-state index in [0.717, 1.165) is 32.0 Å². The fourth-order valence-corrected chi connectivity index (χ4v) is 2.88. The highest BCUT2D eigenvalue weighted by Crippen LogP contribution is 2.23. The predicted molar refractivity (Wildman–Crippen MR) is 85.1 cm³/mol. The molecule has 2 rings (SSSR count). The van der Waals surface area contributed by atoms with Crippen LogP contribution in [0, 0.1) is 5.92 Å². The van der Waals surface area contributed by atoms with E-state index in [0.29, 0.717) is 12.0 Å². The molecule has 20 heavy (non-hydrogen) atoms. The first-order chi connectivity index (χ1) is 9.65. The zero-order valence-corrected chi connectivity index (χ0v) is 13.2. The van der Waals surface area contributed by atoms with E-state index in [-0.39, 0.29) is 0 Å². The van der Waals surface area contributed by atoms with Crippen LogP contribution < -0.4 is 0 Å². The molecular formula is C18H29NO. The Hall–Kier alpha value is -0.860. The molecule has 1 fully saturated rings. The fourth-order valence-electron chi connectivity index (χ4n) is 2.88. The Balaban J connectivity index is 1.80. The lowest BCUT2D eigenvalue weighted by Crippen LogP contribution is -2.43. The number of ether oxygens (including phenoxy) is 1. The van der Waals surface area contributed by atoms with E-state index in [9.17, 15) is 0 Å². The van der Waals surface area contributed by atoms with Gasteiger partial charge in [0, 0.05) is 13.1 Å². The maximum absolute atomic E-state index is 5.97. The Kier molecular flexibility index (Phi) is 6.06. The van der Waals surface area contributed by atoms with E-state index in [4.69, 9.17) is 4.74 Å². The molecule has 1 aromatic rings. The Morgan fingerprint density at radius 2 is 1.95 bits per heavy atom. The van der Waals surface area contributed by atoms with E-state index in [1.54, 1.807) is 0 Å². The summed E-state index contributed by atoms with van der Waals surface area (Å²) >= 11 is 0. The zero-order valence-electron chi connectivity index (χ0n) is 13.2. The first-order valence-corrected chi connectivity index (χ1v) is 8.04. The van der Waals surface area contributed by atoms with Crippen molar-refractivity contribution in [1.29, 1.82) is 0 Å². The van der Waals surface area contributed by atoms with Crippen LogP contribution in [0.1, 0.15) is 45.1 Å². The average molecular weight is 275 g/mol. The van der Waals surface area contributed by atoms with Gasteiger partial charge >= 0.3 is 0 Å². The van der Waals surface area contributed by atoms with Crippen LogP contribution in [0.3, 0.4) is 0 Å². The maximum atomic E-state index is 5.97. The molecule has 0 radical (unpaired) electrons. The summed E-state index contributed by atoms with van der Waals surface area (Å²) in [6.07, 6.45) is 2.81. The molecule has 0 aliphatic carbocycles. The minimum Gasteiger partial charge on any atom is -0.376 e. The van der Waals surface area contributed by atoms with Crippen molar-refractivity contribution >= 4 is 0 Å². The normalized spacial score (nSPS) is 22.1. The third kappa shape index (κ3) is 4.92. The summed E-state index contributed by atoms with van der Waals surface area (Å²) in [6, 6.07) is 10.8. The predicted octanol–water partition coefficient (Wildman–Crippen LogP) is 3.93. The second-order valence-electron chi connectivity index (χ2n) is 6.52. The number of hydrogen-bond donors (Lipinski definition) is 0. The topological polar surface area (TPSA) is 12.5 Å². The SMILES string of the molecule is CC(C)CCN1CCOC(C[C@H](C)c2ccccc2)C1. The van der Waals surface area contributed by atoms with Crippen molar-refractivity contribution in [3.8, 4) is 0 Å². The highest BCUT2D eigenvalue weighted by atomic mass is 16.5. The van der Waals surface area contributed by atoms with Gasteiger partial charge in [0.2, 0.25) is 0 Å². The smallest absolute Gasteiger partial charge is 0.0708 e. The van der Waals surface area contributed by atoms with Crippen LogP contribution in [0.2, 0.25) is 0 Å². The van der Waals surface area contributed by atoms with E-state index < -0.39 is 0 Å². The third-order valence-corrected chi connectivity index (χ3v) is 4.23. The monoisotopic (exact) mass is 275 g/mol. The van der Waals surface area contributed by atoms with Crippen LogP contribution in [0.5, 0.6) is 0 Å². The molecular weight excluding hydrogens is 246 g/mol. The van der Waals surface area contributed by atoms with Gasteiger partial charge in [0.15, 0.2) is 0 Å². The van der Waals surface area contributed by atoms with Crippen molar-refractivity contribution in [2.75, 3.05) is 26.2 Å². The molecule has 0 saturated carbocycles. The van der Waals surface area contributed by atoms with E-state index in [1.807, 2.05) is 0 Å². The molecule has 1 saturated heterocycles. The Labute approximate surface area is 124 Å². The zero-order chi connectivity index (χ0) is 14.4. The van der Waals surface area contributed by atoms with Gasteiger partial charge in [0.05, 0.1) is 12.7 Å². The lowest BCUT2D eigenvalue weighted by atomic mass is 9.94. The van der Waals surface area contributed by atoms with Gasteiger partial charge in [-0.1, -0.05) is 51.1 Å². The van der Waals surface area contributed by atoms with Crippen molar-refractivity contribution in [3.05, 3.63) is 35.9 Å². The first kappa shape index (κ1) is 15.5. The molecule has 2 nitrogen and oxygen atoms in total. The highest BCUT2D eigenvalue weighted by Gasteiger charge is 2.22.